The van der Waals surface area contributed by atoms with E-state index in [9.17, 15) is 9.59 Å². The fourth-order valence-corrected chi connectivity index (χ4v) is 7.31. The molecule has 1 aromatic rings. The first kappa shape index (κ1) is 16.1. The van der Waals surface area contributed by atoms with Crippen LogP contribution in [0.1, 0.15) is 75.5 Å². The predicted molar refractivity (Wildman–Crippen MR) is 102 cm³/mol. The van der Waals surface area contributed by atoms with Crippen LogP contribution in [0.2, 0.25) is 0 Å². The molecular weight excluding hydrogens is 336 g/mol. The Bertz CT molecular complexity index is 956. The number of hydrogen-bond acceptors (Lipinski definition) is 3. The van der Waals surface area contributed by atoms with E-state index in [0.717, 1.165) is 54.6 Å². The molecule has 0 unspecified atom stereocenters. The highest BCUT2D eigenvalue weighted by Gasteiger charge is 2.63. The van der Waals surface area contributed by atoms with Gasteiger partial charge in [0.1, 0.15) is 16.9 Å². The Morgan fingerprint density at radius 1 is 1.04 bits per heavy atom. The second-order valence-corrected chi connectivity index (χ2v) is 9.77. The smallest absolute Gasteiger partial charge is 0.330 e. The maximum absolute atomic E-state index is 12.7. The van der Waals surface area contributed by atoms with Gasteiger partial charge in [-0.05, 0) is 98.1 Å². The molecule has 0 aromatic heterocycles. The average molecular weight is 362 g/mol. The van der Waals surface area contributed by atoms with Crippen LogP contribution in [0.3, 0.4) is 0 Å². The molecule has 1 aliphatic heterocycles. The molecule has 27 heavy (non-hydrogen) atoms. The van der Waals surface area contributed by atoms with E-state index in [0.29, 0.717) is 23.5 Å². The second-order valence-electron chi connectivity index (χ2n) is 9.77. The van der Waals surface area contributed by atoms with Crippen LogP contribution in [-0.4, -0.2) is 11.8 Å². The molecule has 4 atom stereocenters. The van der Waals surface area contributed by atoms with Gasteiger partial charge in [-0.1, -0.05) is 6.92 Å². The summed E-state index contributed by atoms with van der Waals surface area (Å²) in [6.45, 7) is 6.35. The third-order valence-corrected chi connectivity index (χ3v) is 9.07. The lowest BCUT2D eigenvalue weighted by Crippen LogP contribution is -2.42. The number of aryl methyl sites for hydroxylation is 1. The molecule has 3 nitrogen and oxygen atoms in total. The van der Waals surface area contributed by atoms with Gasteiger partial charge < -0.3 is 4.74 Å². The van der Waals surface area contributed by atoms with E-state index >= 15 is 0 Å². The van der Waals surface area contributed by atoms with Gasteiger partial charge in [-0.15, -0.1) is 0 Å². The maximum atomic E-state index is 12.7. The zero-order chi connectivity index (χ0) is 18.7. The molecule has 3 heteroatoms. The topological polar surface area (TPSA) is 43.4 Å². The van der Waals surface area contributed by atoms with E-state index in [1.165, 1.54) is 17.5 Å². The highest BCUT2D eigenvalue weighted by Crippen LogP contribution is 2.63. The van der Waals surface area contributed by atoms with E-state index in [1.807, 2.05) is 0 Å². The van der Waals surface area contributed by atoms with Crippen LogP contribution in [0, 0.1) is 17.3 Å². The highest BCUT2D eigenvalue weighted by atomic mass is 16.5. The monoisotopic (exact) mass is 362 g/mol. The lowest BCUT2D eigenvalue weighted by molar-refractivity contribution is -0.134. The molecule has 2 saturated carbocycles. The zero-order valence-corrected chi connectivity index (χ0v) is 16.4. The molecule has 0 amide bonds. The first-order valence-corrected chi connectivity index (χ1v) is 10.5. The Hall–Kier alpha value is -1.90. The van der Waals surface area contributed by atoms with Crippen molar-refractivity contribution in [2.45, 2.75) is 70.6 Å². The van der Waals surface area contributed by atoms with E-state index in [4.69, 9.17) is 4.74 Å². The van der Waals surface area contributed by atoms with Gasteiger partial charge in [0.2, 0.25) is 0 Å². The van der Waals surface area contributed by atoms with Gasteiger partial charge in [0.05, 0.1) is 0 Å². The van der Waals surface area contributed by atoms with Crippen LogP contribution in [0.15, 0.2) is 23.3 Å². The second kappa shape index (κ2) is 4.74. The van der Waals surface area contributed by atoms with Crippen molar-refractivity contribution in [2.24, 2.45) is 17.3 Å². The molecule has 6 rings (SSSR count). The summed E-state index contributed by atoms with van der Waals surface area (Å²) in [6.07, 6.45) is 6.17. The minimum absolute atomic E-state index is 0.0824. The lowest BCUT2D eigenvalue weighted by atomic mass is 9.55. The number of rotatable bonds is 0. The van der Waals surface area contributed by atoms with E-state index in [-0.39, 0.29) is 11.4 Å². The molecule has 1 heterocycles. The number of ketones is 1. The van der Waals surface area contributed by atoms with Gasteiger partial charge in [-0.3, -0.25) is 4.79 Å². The normalized spacial score (nSPS) is 37.7. The Kier molecular flexibility index (Phi) is 2.82. The van der Waals surface area contributed by atoms with Crippen molar-refractivity contribution in [1.82, 2.24) is 0 Å². The summed E-state index contributed by atoms with van der Waals surface area (Å²) in [7, 11) is 0. The molecule has 1 aromatic carbocycles. The quantitative estimate of drug-likeness (QED) is 0.384. The summed E-state index contributed by atoms with van der Waals surface area (Å²) in [5.74, 6) is 2.87. The summed E-state index contributed by atoms with van der Waals surface area (Å²) in [4.78, 5) is 25.2. The Balaban J connectivity index is 1.44. The minimum Gasteiger partial charge on any atom is -0.425 e. The van der Waals surface area contributed by atoms with Gasteiger partial charge in [0.25, 0.3) is 0 Å². The SMILES string of the molecule is CC1=C(C)C12C(=O)Oc1cc3c(cc12)[C@H]1CC[C@]2(C)C(=O)CC[C@H]2[C@@H]1CC3. The van der Waals surface area contributed by atoms with Gasteiger partial charge in [0, 0.05) is 17.4 Å². The van der Waals surface area contributed by atoms with Gasteiger partial charge in [-0.25, -0.2) is 4.79 Å². The summed E-state index contributed by atoms with van der Waals surface area (Å²) >= 11 is 0. The van der Waals surface area contributed by atoms with Crippen LogP contribution >= 0.6 is 0 Å². The van der Waals surface area contributed by atoms with E-state index in [1.54, 1.807) is 0 Å². The zero-order valence-electron chi connectivity index (χ0n) is 16.4. The standard InChI is InChI=1S/C24H26O3/c1-12-13(2)24(12)19-11-17-14(10-20(19)27-22(24)26)4-5-16-15(17)8-9-23(3)18(16)6-7-21(23)25/h10-11,15-16,18H,4-9H2,1-3H3/t15-,16+,18-,23-/m0/s1. The van der Waals surface area contributed by atoms with Crippen molar-refractivity contribution in [1.29, 1.82) is 0 Å². The van der Waals surface area contributed by atoms with Crippen molar-refractivity contribution in [3.63, 3.8) is 0 Å². The first-order valence-electron chi connectivity index (χ1n) is 10.5. The Labute approximate surface area is 160 Å². The number of esters is 1. The van der Waals surface area contributed by atoms with Crippen LogP contribution < -0.4 is 4.74 Å². The third-order valence-electron chi connectivity index (χ3n) is 9.07. The summed E-state index contributed by atoms with van der Waals surface area (Å²) < 4.78 is 5.70. The van der Waals surface area contributed by atoms with Crippen molar-refractivity contribution in [3.05, 3.63) is 40.0 Å². The number of carbonyl (C=O) groups is 2. The number of fused-ring (bicyclic) bond motifs is 7. The summed E-state index contributed by atoms with van der Waals surface area (Å²) in [6, 6.07) is 4.46. The minimum atomic E-state index is -0.552. The van der Waals surface area contributed by atoms with Crippen LogP contribution in [-0.2, 0) is 21.4 Å². The Morgan fingerprint density at radius 3 is 2.56 bits per heavy atom. The number of carbonyl (C=O) groups excluding carboxylic acids is 2. The van der Waals surface area contributed by atoms with Gasteiger partial charge in [0.15, 0.2) is 0 Å². The van der Waals surface area contributed by atoms with Crippen molar-refractivity contribution < 1.29 is 14.3 Å². The summed E-state index contributed by atoms with van der Waals surface area (Å²) in [5, 5.41) is 0. The number of Topliss-reactive ketones (excluding diaryl/α,β-unsaturated/α-hetero) is 1. The van der Waals surface area contributed by atoms with Crippen LogP contribution in [0.4, 0.5) is 0 Å². The van der Waals surface area contributed by atoms with Gasteiger partial charge >= 0.3 is 5.97 Å². The Morgan fingerprint density at radius 2 is 1.81 bits per heavy atom. The fourth-order valence-electron chi connectivity index (χ4n) is 7.31. The number of hydrogen-bond donors (Lipinski definition) is 0. The van der Waals surface area contributed by atoms with Crippen LogP contribution in [0.5, 0.6) is 5.75 Å². The predicted octanol–water partition coefficient (Wildman–Crippen LogP) is 4.62. The molecule has 140 valence electrons. The van der Waals surface area contributed by atoms with Crippen molar-refractivity contribution in [3.8, 4) is 5.75 Å². The molecular formula is C24H26O3. The molecule has 0 bridgehead atoms. The molecule has 1 spiro atoms. The fraction of sp³-hybridized carbons (Fsp3) is 0.583. The van der Waals surface area contributed by atoms with Gasteiger partial charge in [-0.2, -0.15) is 0 Å². The highest BCUT2D eigenvalue weighted by molar-refractivity contribution is 6.03. The summed E-state index contributed by atoms with van der Waals surface area (Å²) in [5.41, 5.74) is 5.58. The number of benzene rings is 1. The average Bonchev–Trinajstić information content (AvgIpc) is 2.92. The number of ether oxygens (including phenoxy) is 1. The molecule has 0 saturated heterocycles. The first-order chi connectivity index (χ1) is 12.9. The molecule has 2 fully saturated rings. The molecule has 0 radical (unpaired) electrons. The van der Waals surface area contributed by atoms with Crippen LogP contribution in [0.25, 0.3) is 0 Å². The third kappa shape index (κ3) is 1.66. The maximum Gasteiger partial charge on any atom is 0.330 e. The van der Waals surface area contributed by atoms with Crippen molar-refractivity contribution >= 4 is 11.8 Å². The van der Waals surface area contributed by atoms with E-state index < -0.39 is 5.41 Å². The molecule has 5 aliphatic rings. The molecule has 4 aliphatic carbocycles. The largest absolute Gasteiger partial charge is 0.425 e. The lowest BCUT2D eigenvalue weighted by Gasteiger charge is -2.48. The van der Waals surface area contributed by atoms with E-state index in [2.05, 4.69) is 32.9 Å². The molecule has 0 N–H and O–H groups in total. The van der Waals surface area contributed by atoms with Crippen molar-refractivity contribution in [2.75, 3.05) is 0 Å².